The molecular weight excluding hydrogens is 385 g/mol. The van der Waals surface area contributed by atoms with E-state index < -0.39 is 13.9 Å². The average molecular weight is 406 g/mol. The van der Waals surface area contributed by atoms with Crippen LogP contribution in [-0.2, 0) is 23.1 Å². The van der Waals surface area contributed by atoms with Gasteiger partial charge < -0.3 is 24.3 Å². The first-order valence-corrected chi connectivity index (χ1v) is 10.4. The minimum atomic E-state index is -3.28. The highest BCUT2D eigenvalue weighted by Crippen LogP contribution is 2.48. The van der Waals surface area contributed by atoms with Gasteiger partial charge in [-0.15, -0.1) is 0 Å². The van der Waals surface area contributed by atoms with Crippen molar-refractivity contribution in [1.82, 2.24) is 19.5 Å². The van der Waals surface area contributed by atoms with Crippen LogP contribution in [0, 0.1) is 0 Å². The lowest BCUT2D eigenvalue weighted by molar-refractivity contribution is -0.141. The van der Waals surface area contributed by atoms with Gasteiger partial charge in [-0.05, 0) is 31.9 Å². The number of imidazole rings is 1. The standard InChI is InChI=1S/C14H21ClN5O5P/c1-3-23-26(21,24-4-2)8-22-10-6-5-9(25-10)20-7-17-11-12(16)18-14(15)19-13(11)20/h7,9-10H,3-6,8H2,1-2H3,(H2,16,18,19)/t9-,10+/m1/s1. The molecule has 0 saturated carbocycles. The molecule has 1 aliphatic heterocycles. The van der Waals surface area contributed by atoms with Crippen LogP contribution in [0.4, 0.5) is 5.82 Å². The number of halogens is 1. The van der Waals surface area contributed by atoms with Gasteiger partial charge in [0.2, 0.25) is 5.28 Å². The maximum absolute atomic E-state index is 12.4. The van der Waals surface area contributed by atoms with E-state index in [9.17, 15) is 4.57 Å². The van der Waals surface area contributed by atoms with Gasteiger partial charge in [-0.3, -0.25) is 9.13 Å². The fourth-order valence-electron chi connectivity index (χ4n) is 2.72. The quantitative estimate of drug-likeness (QED) is 0.521. The van der Waals surface area contributed by atoms with E-state index in [2.05, 4.69) is 15.0 Å². The van der Waals surface area contributed by atoms with Crippen molar-refractivity contribution in [2.24, 2.45) is 0 Å². The first-order chi connectivity index (χ1) is 12.5. The van der Waals surface area contributed by atoms with Crippen molar-refractivity contribution in [3.8, 4) is 0 Å². The minimum Gasteiger partial charge on any atom is -0.382 e. The van der Waals surface area contributed by atoms with Crippen molar-refractivity contribution in [2.75, 3.05) is 25.3 Å². The number of ether oxygens (including phenoxy) is 2. The fourth-order valence-corrected chi connectivity index (χ4v) is 4.25. The van der Waals surface area contributed by atoms with Gasteiger partial charge in [0, 0.05) is 6.42 Å². The number of nitrogen functional groups attached to an aromatic ring is 1. The van der Waals surface area contributed by atoms with E-state index >= 15 is 0 Å². The first-order valence-electron chi connectivity index (χ1n) is 8.26. The zero-order valence-electron chi connectivity index (χ0n) is 14.5. The molecule has 0 amide bonds. The zero-order chi connectivity index (χ0) is 18.7. The Morgan fingerprint density at radius 1 is 1.35 bits per heavy atom. The smallest absolute Gasteiger partial charge is 0.356 e. The Hall–Kier alpha value is -1.29. The molecule has 2 atom stereocenters. The lowest BCUT2D eigenvalue weighted by Crippen LogP contribution is -2.16. The predicted octanol–water partition coefficient (Wildman–Crippen LogP) is 2.94. The molecule has 144 valence electrons. The van der Waals surface area contributed by atoms with Crippen LogP contribution in [0.2, 0.25) is 5.28 Å². The minimum absolute atomic E-state index is 0.0388. The van der Waals surface area contributed by atoms with Gasteiger partial charge in [-0.2, -0.15) is 9.97 Å². The average Bonchev–Trinajstić information content (AvgIpc) is 3.20. The van der Waals surface area contributed by atoms with Crippen molar-refractivity contribution < 1.29 is 23.1 Å². The number of anilines is 1. The van der Waals surface area contributed by atoms with E-state index in [0.717, 1.165) is 0 Å². The molecule has 12 heteroatoms. The molecule has 0 unspecified atom stereocenters. The van der Waals surface area contributed by atoms with Gasteiger partial charge in [-0.1, -0.05) is 0 Å². The molecule has 1 aliphatic rings. The number of rotatable bonds is 8. The van der Waals surface area contributed by atoms with Crippen molar-refractivity contribution >= 4 is 36.2 Å². The van der Waals surface area contributed by atoms with Crippen LogP contribution in [-0.4, -0.2) is 45.4 Å². The van der Waals surface area contributed by atoms with Crippen LogP contribution in [0.25, 0.3) is 11.2 Å². The summed E-state index contributed by atoms with van der Waals surface area (Å²) in [4.78, 5) is 12.3. The maximum Gasteiger partial charge on any atom is 0.356 e. The second kappa shape index (κ2) is 8.16. The van der Waals surface area contributed by atoms with Crippen LogP contribution >= 0.6 is 19.2 Å². The summed E-state index contributed by atoms with van der Waals surface area (Å²) in [6, 6.07) is 0. The van der Waals surface area contributed by atoms with Gasteiger partial charge in [0.15, 0.2) is 24.1 Å². The Bertz CT molecular complexity index is 808. The summed E-state index contributed by atoms with van der Waals surface area (Å²) in [5.41, 5.74) is 6.76. The van der Waals surface area contributed by atoms with Crippen LogP contribution in [0.15, 0.2) is 6.33 Å². The van der Waals surface area contributed by atoms with Crippen molar-refractivity contribution in [3.05, 3.63) is 11.6 Å². The Labute approximate surface area is 155 Å². The van der Waals surface area contributed by atoms with Gasteiger partial charge in [0.25, 0.3) is 0 Å². The third-order valence-electron chi connectivity index (χ3n) is 3.76. The van der Waals surface area contributed by atoms with Crippen LogP contribution in [0.5, 0.6) is 0 Å². The lowest BCUT2D eigenvalue weighted by atomic mass is 10.3. The van der Waals surface area contributed by atoms with E-state index in [4.69, 9.17) is 35.9 Å². The Morgan fingerprint density at radius 3 is 2.77 bits per heavy atom. The molecule has 2 aromatic rings. The van der Waals surface area contributed by atoms with Gasteiger partial charge in [-0.25, -0.2) is 4.98 Å². The molecule has 0 aliphatic carbocycles. The summed E-state index contributed by atoms with van der Waals surface area (Å²) in [5.74, 6) is 0.207. The summed E-state index contributed by atoms with van der Waals surface area (Å²) in [6.45, 7) is 4.04. The Kier molecular flexibility index (Phi) is 6.11. The lowest BCUT2D eigenvalue weighted by Gasteiger charge is -2.20. The third-order valence-corrected chi connectivity index (χ3v) is 5.70. The molecule has 0 aromatic carbocycles. The van der Waals surface area contributed by atoms with E-state index in [-0.39, 0.29) is 36.9 Å². The molecule has 3 rings (SSSR count). The number of hydrogen-bond donors (Lipinski definition) is 1. The van der Waals surface area contributed by atoms with Gasteiger partial charge in [0.1, 0.15) is 11.7 Å². The van der Waals surface area contributed by atoms with E-state index in [0.29, 0.717) is 24.0 Å². The molecule has 2 aromatic heterocycles. The molecule has 2 N–H and O–H groups in total. The summed E-state index contributed by atoms with van der Waals surface area (Å²) >= 11 is 5.88. The van der Waals surface area contributed by atoms with Crippen molar-refractivity contribution in [2.45, 2.75) is 39.2 Å². The summed E-state index contributed by atoms with van der Waals surface area (Å²) in [5, 5.41) is 0.0388. The Morgan fingerprint density at radius 2 is 2.08 bits per heavy atom. The van der Waals surface area contributed by atoms with Crippen LogP contribution in [0.1, 0.15) is 32.9 Å². The SMILES string of the molecule is CCOP(=O)(CO[C@@H]1CC[C@H](n2cnc3c(N)nc(Cl)nc32)O1)OCC. The normalized spacial score (nSPS) is 20.9. The topological polar surface area (TPSA) is 124 Å². The summed E-state index contributed by atoms with van der Waals surface area (Å²) in [6.07, 6.45) is 1.78. The van der Waals surface area contributed by atoms with E-state index in [1.165, 1.54) is 0 Å². The van der Waals surface area contributed by atoms with Gasteiger partial charge >= 0.3 is 7.60 Å². The van der Waals surface area contributed by atoms with Crippen LogP contribution < -0.4 is 5.73 Å². The summed E-state index contributed by atoms with van der Waals surface area (Å²) in [7, 11) is -3.28. The molecule has 1 fully saturated rings. The fraction of sp³-hybridized carbons (Fsp3) is 0.643. The molecule has 26 heavy (non-hydrogen) atoms. The summed E-state index contributed by atoms with van der Waals surface area (Å²) < 4.78 is 36.1. The largest absolute Gasteiger partial charge is 0.382 e. The second-order valence-corrected chi connectivity index (χ2v) is 7.88. The predicted molar refractivity (Wildman–Crippen MR) is 94.7 cm³/mol. The molecular formula is C14H21ClN5O5P. The molecule has 0 spiro atoms. The maximum atomic E-state index is 12.4. The highest BCUT2D eigenvalue weighted by Gasteiger charge is 2.32. The highest BCUT2D eigenvalue weighted by molar-refractivity contribution is 7.53. The number of nitrogens with zero attached hydrogens (tertiary/aromatic N) is 4. The molecule has 3 heterocycles. The zero-order valence-corrected chi connectivity index (χ0v) is 16.2. The highest BCUT2D eigenvalue weighted by atomic mass is 35.5. The number of hydrogen-bond acceptors (Lipinski definition) is 9. The van der Waals surface area contributed by atoms with Gasteiger partial charge in [0.05, 0.1) is 19.5 Å². The van der Waals surface area contributed by atoms with Crippen LogP contribution in [0.3, 0.4) is 0 Å². The molecule has 0 radical (unpaired) electrons. The molecule has 0 bridgehead atoms. The second-order valence-electron chi connectivity index (χ2n) is 5.54. The van der Waals surface area contributed by atoms with E-state index in [1.807, 2.05) is 0 Å². The number of nitrogens with two attached hydrogens (primary N) is 1. The van der Waals surface area contributed by atoms with Crippen molar-refractivity contribution in [1.29, 1.82) is 0 Å². The monoisotopic (exact) mass is 405 g/mol. The number of fused-ring (bicyclic) bond motifs is 1. The molecule has 10 nitrogen and oxygen atoms in total. The Balaban J connectivity index is 1.67. The van der Waals surface area contributed by atoms with E-state index in [1.54, 1.807) is 24.7 Å². The number of aromatic nitrogens is 4. The third kappa shape index (κ3) is 4.16. The first kappa shape index (κ1) is 19.5. The molecule has 1 saturated heterocycles. The van der Waals surface area contributed by atoms with Crippen molar-refractivity contribution in [3.63, 3.8) is 0 Å².